The van der Waals surface area contributed by atoms with Gasteiger partial charge < -0.3 is 14.8 Å². The second-order valence-electron chi connectivity index (χ2n) is 10.8. The van der Waals surface area contributed by atoms with E-state index < -0.39 is 5.97 Å². The number of carbonyl (C=O) groups excluding carboxylic acids is 2. The third-order valence-corrected chi connectivity index (χ3v) is 7.93. The number of fused-ring (bicyclic) bond motifs is 4. The molecule has 0 bridgehead atoms. The largest absolute Gasteiger partial charge is 0.493 e. The van der Waals surface area contributed by atoms with Crippen LogP contribution in [-0.2, 0) is 4.79 Å². The van der Waals surface area contributed by atoms with Gasteiger partial charge in [-0.05, 0) is 77.6 Å². The summed E-state index contributed by atoms with van der Waals surface area (Å²) in [4.78, 5) is 31.0. The number of allylic oxidation sites excluding steroid dienone is 1. The van der Waals surface area contributed by atoms with E-state index in [1.165, 1.54) is 7.11 Å². The van der Waals surface area contributed by atoms with E-state index in [9.17, 15) is 9.59 Å². The summed E-state index contributed by atoms with van der Waals surface area (Å²) in [7, 11) is 1.54. The lowest BCUT2D eigenvalue weighted by Gasteiger charge is -2.40. The number of pyridine rings is 1. The number of halogens is 1. The molecule has 39 heavy (non-hydrogen) atoms. The summed E-state index contributed by atoms with van der Waals surface area (Å²) < 4.78 is 12.2. The van der Waals surface area contributed by atoms with E-state index in [4.69, 9.17) is 9.47 Å². The van der Waals surface area contributed by atoms with Crippen molar-refractivity contribution < 1.29 is 19.1 Å². The summed E-state index contributed by atoms with van der Waals surface area (Å²) in [5, 5.41) is 4.66. The maximum absolute atomic E-state index is 13.7. The van der Waals surface area contributed by atoms with Crippen molar-refractivity contribution >= 4 is 49.8 Å². The second kappa shape index (κ2) is 9.65. The summed E-state index contributed by atoms with van der Waals surface area (Å²) in [6.45, 7) is 4.29. The van der Waals surface area contributed by atoms with Gasteiger partial charge in [0.1, 0.15) is 0 Å². The van der Waals surface area contributed by atoms with Gasteiger partial charge in [0.2, 0.25) is 0 Å². The maximum Gasteiger partial charge on any atom is 0.343 e. The van der Waals surface area contributed by atoms with Crippen LogP contribution < -0.4 is 14.8 Å². The van der Waals surface area contributed by atoms with Crippen LogP contribution in [0.25, 0.3) is 16.5 Å². The molecule has 2 aliphatic rings. The fourth-order valence-electron chi connectivity index (χ4n) is 5.66. The molecule has 1 aliphatic heterocycles. The first-order chi connectivity index (χ1) is 18.7. The molecular formula is C32H27BrN2O4. The molecule has 0 unspecified atom stereocenters. The lowest BCUT2D eigenvalue weighted by molar-refractivity contribution is -0.118. The predicted molar refractivity (Wildman–Crippen MR) is 155 cm³/mol. The summed E-state index contributed by atoms with van der Waals surface area (Å²) in [5.74, 6) is 0.384. The maximum atomic E-state index is 13.7. The van der Waals surface area contributed by atoms with E-state index in [-0.39, 0.29) is 17.2 Å². The molecule has 1 aromatic heterocycles. The summed E-state index contributed by atoms with van der Waals surface area (Å²) >= 11 is 3.38. The van der Waals surface area contributed by atoms with Crippen molar-refractivity contribution in [3.63, 3.8) is 0 Å². The third-order valence-electron chi connectivity index (χ3n) is 7.40. The highest BCUT2D eigenvalue weighted by Crippen LogP contribution is 2.52. The number of rotatable bonds is 4. The first kappa shape index (κ1) is 25.3. The Labute approximate surface area is 235 Å². The standard InChI is InChI=1S/C32H27BrN2O4/c1-32(2)16-22-28-21-5-4-14-34-23(21)11-12-24(28)35-30(29(22)25(36)17-32)19-8-13-26(27(15-19)38-3)39-31(37)18-6-9-20(33)10-7-18/h4-15,30,35H,16-17H2,1-3H3/t30-/m1/s1. The molecule has 1 N–H and O–H groups in total. The lowest BCUT2D eigenvalue weighted by atomic mass is 9.68. The monoisotopic (exact) mass is 582 g/mol. The highest BCUT2D eigenvalue weighted by atomic mass is 79.9. The number of Topliss-reactive ketones (excluding diaryl/α,β-unsaturated/α-hetero) is 1. The molecule has 2 heterocycles. The minimum atomic E-state index is -0.478. The minimum Gasteiger partial charge on any atom is -0.493 e. The van der Waals surface area contributed by atoms with Gasteiger partial charge >= 0.3 is 5.97 Å². The van der Waals surface area contributed by atoms with Crippen molar-refractivity contribution in [1.82, 2.24) is 4.98 Å². The molecule has 0 saturated carbocycles. The zero-order valence-electron chi connectivity index (χ0n) is 21.9. The average Bonchev–Trinajstić information content (AvgIpc) is 2.92. The number of hydrogen-bond acceptors (Lipinski definition) is 6. The number of esters is 1. The number of hydrogen-bond donors (Lipinski definition) is 1. The Balaban J connectivity index is 1.42. The van der Waals surface area contributed by atoms with Gasteiger partial charge in [-0.3, -0.25) is 9.78 Å². The van der Waals surface area contributed by atoms with Gasteiger partial charge in [0.15, 0.2) is 17.3 Å². The summed E-state index contributed by atoms with van der Waals surface area (Å²) in [6.07, 6.45) is 3.05. The van der Waals surface area contributed by atoms with Crippen molar-refractivity contribution in [1.29, 1.82) is 0 Å². The SMILES string of the molecule is COc1cc([C@H]2Nc3ccc4ncccc4c3C3=C2C(=O)CC(C)(C)C3)ccc1OC(=O)c1ccc(Br)cc1. The van der Waals surface area contributed by atoms with Crippen LogP contribution in [0.15, 0.2) is 83.0 Å². The molecule has 3 aromatic carbocycles. The number of benzene rings is 3. The first-order valence-corrected chi connectivity index (χ1v) is 13.6. The van der Waals surface area contributed by atoms with E-state index in [2.05, 4.69) is 46.1 Å². The van der Waals surface area contributed by atoms with Crippen LogP contribution in [-0.4, -0.2) is 23.8 Å². The summed E-state index contributed by atoms with van der Waals surface area (Å²) in [6, 6.07) is 20.1. The molecule has 1 atom stereocenters. The Morgan fingerprint density at radius 2 is 1.82 bits per heavy atom. The van der Waals surface area contributed by atoms with Crippen LogP contribution in [0.3, 0.4) is 0 Å². The van der Waals surface area contributed by atoms with E-state index in [1.54, 1.807) is 36.5 Å². The molecular weight excluding hydrogens is 556 g/mol. The van der Waals surface area contributed by atoms with Crippen LogP contribution >= 0.6 is 15.9 Å². The Bertz CT molecular complexity index is 1670. The van der Waals surface area contributed by atoms with Gasteiger partial charge in [-0.15, -0.1) is 0 Å². The Hall–Kier alpha value is -3.97. The van der Waals surface area contributed by atoms with Crippen LogP contribution in [0.4, 0.5) is 5.69 Å². The van der Waals surface area contributed by atoms with Gasteiger partial charge in [-0.2, -0.15) is 0 Å². The van der Waals surface area contributed by atoms with Crippen molar-refractivity contribution in [3.05, 3.63) is 99.7 Å². The van der Waals surface area contributed by atoms with E-state index >= 15 is 0 Å². The fourth-order valence-corrected chi connectivity index (χ4v) is 5.93. The third kappa shape index (κ3) is 4.61. The quantitative estimate of drug-likeness (QED) is 0.198. The zero-order chi connectivity index (χ0) is 27.3. The van der Waals surface area contributed by atoms with Gasteiger partial charge in [0, 0.05) is 39.3 Å². The molecule has 7 heteroatoms. The topological polar surface area (TPSA) is 77.5 Å². The van der Waals surface area contributed by atoms with Crippen LogP contribution in [0.2, 0.25) is 0 Å². The van der Waals surface area contributed by atoms with E-state index in [1.807, 2.05) is 30.3 Å². The molecule has 4 aromatic rings. The smallest absolute Gasteiger partial charge is 0.343 e. The van der Waals surface area contributed by atoms with Crippen molar-refractivity contribution in [3.8, 4) is 11.5 Å². The molecule has 0 saturated heterocycles. The number of nitrogens with zero attached hydrogens (tertiary/aromatic N) is 1. The Morgan fingerprint density at radius 1 is 1.03 bits per heavy atom. The Morgan fingerprint density at radius 3 is 2.59 bits per heavy atom. The number of nitrogens with one attached hydrogen (secondary N) is 1. The number of methoxy groups -OCH3 is 1. The lowest BCUT2D eigenvalue weighted by Crippen LogP contribution is -2.33. The zero-order valence-corrected chi connectivity index (χ0v) is 23.5. The van der Waals surface area contributed by atoms with Crippen LogP contribution in [0, 0.1) is 5.41 Å². The van der Waals surface area contributed by atoms with Gasteiger partial charge in [0.25, 0.3) is 0 Å². The van der Waals surface area contributed by atoms with Crippen molar-refractivity contribution in [2.45, 2.75) is 32.7 Å². The number of anilines is 1. The number of aromatic nitrogens is 1. The number of carbonyl (C=O) groups is 2. The molecule has 0 spiro atoms. The second-order valence-corrected chi connectivity index (χ2v) is 11.7. The fraction of sp³-hybridized carbons (Fsp3) is 0.219. The normalized spacial score (nSPS) is 17.7. The molecule has 196 valence electrons. The summed E-state index contributed by atoms with van der Waals surface area (Å²) in [5.41, 5.74) is 5.90. The van der Waals surface area contributed by atoms with Gasteiger partial charge in [0.05, 0.1) is 24.2 Å². The van der Waals surface area contributed by atoms with Crippen molar-refractivity contribution in [2.75, 3.05) is 12.4 Å². The molecule has 0 radical (unpaired) electrons. The van der Waals surface area contributed by atoms with E-state index in [0.717, 1.165) is 49.8 Å². The van der Waals surface area contributed by atoms with Crippen LogP contribution in [0.1, 0.15) is 54.2 Å². The van der Waals surface area contributed by atoms with Crippen molar-refractivity contribution in [2.24, 2.45) is 5.41 Å². The van der Waals surface area contributed by atoms with E-state index in [0.29, 0.717) is 23.5 Å². The highest BCUT2D eigenvalue weighted by molar-refractivity contribution is 9.10. The highest BCUT2D eigenvalue weighted by Gasteiger charge is 2.41. The van der Waals surface area contributed by atoms with Gasteiger partial charge in [-0.1, -0.05) is 41.9 Å². The van der Waals surface area contributed by atoms with Crippen LogP contribution in [0.5, 0.6) is 11.5 Å². The number of ketones is 1. The Kier molecular flexibility index (Phi) is 6.26. The molecule has 6 rings (SSSR count). The minimum absolute atomic E-state index is 0.134. The molecule has 0 amide bonds. The predicted octanol–water partition coefficient (Wildman–Crippen LogP) is 7.53. The number of ether oxygens (including phenoxy) is 2. The van der Waals surface area contributed by atoms with Gasteiger partial charge in [-0.25, -0.2) is 4.79 Å². The molecule has 1 aliphatic carbocycles. The molecule has 6 nitrogen and oxygen atoms in total. The first-order valence-electron chi connectivity index (χ1n) is 12.8. The molecule has 0 fully saturated rings. The average molecular weight is 583 g/mol.